The van der Waals surface area contributed by atoms with Gasteiger partial charge in [0.2, 0.25) is 0 Å². The van der Waals surface area contributed by atoms with Gasteiger partial charge in [-0.05, 0) is 12.1 Å². The highest BCUT2D eigenvalue weighted by atomic mass is 32.2. The van der Waals surface area contributed by atoms with Crippen LogP contribution in [0.2, 0.25) is 0 Å². The fourth-order valence-corrected chi connectivity index (χ4v) is 5.62. The second-order valence-corrected chi connectivity index (χ2v) is 6.77. The molecule has 0 aromatic heterocycles. The van der Waals surface area contributed by atoms with Gasteiger partial charge in [0.1, 0.15) is 0 Å². The van der Waals surface area contributed by atoms with Crippen molar-refractivity contribution in [2.75, 3.05) is 0 Å². The van der Waals surface area contributed by atoms with E-state index in [-0.39, 0.29) is 0 Å². The van der Waals surface area contributed by atoms with Crippen molar-refractivity contribution in [2.24, 2.45) is 0 Å². The van der Waals surface area contributed by atoms with E-state index in [1.54, 1.807) is 4.90 Å². The van der Waals surface area contributed by atoms with E-state index in [4.69, 9.17) is 0 Å². The molecule has 1 aromatic rings. The Morgan fingerprint density at radius 1 is 0.933 bits per heavy atom. The lowest BCUT2D eigenvalue weighted by atomic mass is 10.1. The van der Waals surface area contributed by atoms with Gasteiger partial charge in [-0.2, -0.15) is 0 Å². The summed E-state index contributed by atoms with van der Waals surface area (Å²) in [6.45, 7) is 4.63. The van der Waals surface area contributed by atoms with Gasteiger partial charge in [-0.1, -0.05) is 44.9 Å². The molecule has 0 radical (unpaired) electrons. The molecule has 1 saturated heterocycles. The van der Waals surface area contributed by atoms with Crippen LogP contribution in [-0.2, 0) is 10.9 Å². The summed E-state index contributed by atoms with van der Waals surface area (Å²) in [6.07, 6.45) is 5.56. The molecule has 82 valence electrons. The number of benzene rings is 1. The van der Waals surface area contributed by atoms with Crippen molar-refractivity contribution < 1.29 is 0 Å². The molecular weight excluding hydrogens is 200 g/mol. The first-order chi connectivity index (χ1) is 7.38. The Bertz CT molecular complexity index is 281. The van der Waals surface area contributed by atoms with Gasteiger partial charge in [-0.25, -0.2) is 0 Å². The maximum absolute atomic E-state index is 2.32. The summed E-state index contributed by atoms with van der Waals surface area (Å²) in [5.41, 5.74) is 0. The van der Waals surface area contributed by atoms with E-state index < -0.39 is 0 Å². The Labute approximate surface area is 96.4 Å². The highest BCUT2D eigenvalue weighted by Gasteiger charge is 2.62. The van der Waals surface area contributed by atoms with Crippen LogP contribution in [0.1, 0.15) is 39.5 Å². The highest BCUT2D eigenvalue weighted by Crippen LogP contribution is 2.46. The quantitative estimate of drug-likeness (QED) is 0.520. The van der Waals surface area contributed by atoms with Crippen LogP contribution in [0.15, 0.2) is 35.2 Å². The zero-order valence-corrected chi connectivity index (χ0v) is 10.6. The van der Waals surface area contributed by atoms with E-state index in [0.29, 0.717) is 10.9 Å². The smallest absolute Gasteiger partial charge is 0.0652 e. The predicted octanol–water partition coefficient (Wildman–Crippen LogP) is 4.01. The van der Waals surface area contributed by atoms with E-state index >= 15 is 0 Å². The van der Waals surface area contributed by atoms with E-state index in [1.165, 1.54) is 25.7 Å². The topological polar surface area (TPSA) is 0 Å². The maximum atomic E-state index is 2.32. The zero-order chi connectivity index (χ0) is 10.7. The van der Waals surface area contributed by atoms with Crippen molar-refractivity contribution in [2.45, 2.75) is 54.9 Å². The van der Waals surface area contributed by atoms with Gasteiger partial charge in [0, 0.05) is 23.7 Å². The molecule has 1 aromatic carbocycles. The van der Waals surface area contributed by atoms with Crippen molar-refractivity contribution >= 4 is 10.9 Å². The van der Waals surface area contributed by atoms with E-state index in [2.05, 4.69) is 44.2 Å². The maximum Gasteiger partial charge on any atom is 0.171 e. The molecule has 0 bridgehead atoms. The summed E-state index contributed by atoms with van der Waals surface area (Å²) in [6, 6.07) is 11.1. The first-order valence-corrected chi connectivity index (χ1v) is 7.50. The minimum absolute atomic E-state index is 0.596. The zero-order valence-electron chi connectivity index (χ0n) is 9.78. The first-order valence-electron chi connectivity index (χ1n) is 6.15. The molecule has 0 N–H and O–H groups in total. The van der Waals surface area contributed by atoms with E-state index in [0.717, 1.165) is 10.5 Å². The predicted molar refractivity (Wildman–Crippen MR) is 69.5 cm³/mol. The summed E-state index contributed by atoms with van der Waals surface area (Å²) in [5.74, 6) is 0. The Kier molecular flexibility index (Phi) is 3.74. The van der Waals surface area contributed by atoms with Crippen molar-refractivity contribution in [3.05, 3.63) is 30.3 Å². The SMILES string of the molecule is CCC[C@@H]1[C@@H](CCC)[S+]1c1ccccc1. The van der Waals surface area contributed by atoms with Gasteiger partial charge in [0.05, 0.1) is 0 Å². The molecule has 15 heavy (non-hydrogen) atoms. The molecule has 1 heteroatoms. The molecule has 2 rings (SSSR count). The molecule has 1 heterocycles. The Morgan fingerprint density at radius 3 is 1.93 bits per heavy atom. The average molecular weight is 221 g/mol. The van der Waals surface area contributed by atoms with Crippen LogP contribution < -0.4 is 0 Å². The molecule has 0 spiro atoms. The van der Waals surface area contributed by atoms with Crippen molar-refractivity contribution in [1.29, 1.82) is 0 Å². The molecule has 1 fully saturated rings. The van der Waals surface area contributed by atoms with Crippen molar-refractivity contribution in [3.8, 4) is 0 Å². The molecule has 0 aliphatic carbocycles. The standard InChI is InChI=1S/C14H21S/c1-3-8-13-14(9-4-2)15(13)12-10-6-5-7-11-12/h5-7,10-11,13-14H,3-4,8-9H2,1-2H3/q+1/t13-,14-/m1/s1. The molecule has 1 aliphatic heterocycles. The summed E-state index contributed by atoms with van der Waals surface area (Å²) in [5, 5.41) is 2.02. The molecule has 0 amide bonds. The van der Waals surface area contributed by atoms with Gasteiger partial charge in [-0.3, -0.25) is 0 Å². The Balaban J connectivity index is 2.03. The summed E-state index contributed by atoms with van der Waals surface area (Å²) >= 11 is 0. The third kappa shape index (κ3) is 2.39. The molecule has 0 unspecified atom stereocenters. The third-order valence-electron chi connectivity index (χ3n) is 3.15. The number of hydrogen-bond donors (Lipinski definition) is 0. The number of hydrogen-bond acceptors (Lipinski definition) is 0. The lowest BCUT2D eigenvalue weighted by Crippen LogP contribution is -1.91. The van der Waals surface area contributed by atoms with Gasteiger partial charge in [0.25, 0.3) is 0 Å². The minimum Gasteiger partial charge on any atom is -0.0652 e. The van der Waals surface area contributed by atoms with Crippen LogP contribution >= 0.6 is 0 Å². The van der Waals surface area contributed by atoms with E-state index in [9.17, 15) is 0 Å². The lowest BCUT2D eigenvalue weighted by molar-refractivity contribution is 0.712. The fraction of sp³-hybridized carbons (Fsp3) is 0.571. The Morgan fingerprint density at radius 2 is 1.47 bits per heavy atom. The lowest BCUT2D eigenvalue weighted by Gasteiger charge is -1.89. The van der Waals surface area contributed by atoms with Crippen LogP contribution in [0, 0.1) is 0 Å². The normalized spacial score (nSPS) is 29.1. The second-order valence-electron chi connectivity index (χ2n) is 4.34. The summed E-state index contributed by atoms with van der Waals surface area (Å²) < 4.78 is 0. The first kappa shape index (κ1) is 11.1. The monoisotopic (exact) mass is 221 g/mol. The van der Waals surface area contributed by atoms with Gasteiger partial charge in [-0.15, -0.1) is 0 Å². The Hall–Kier alpha value is -0.430. The van der Waals surface area contributed by atoms with Crippen LogP contribution in [0.25, 0.3) is 0 Å². The van der Waals surface area contributed by atoms with Crippen molar-refractivity contribution in [3.63, 3.8) is 0 Å². The van der Waals surface area contributed by atoms with Crippen LogP contribution in [0.5, 0.6) is 0 Å². The largest absolute Gasteiger partial charge is 0.171 e. The fourth-order valence-electron chi connectivity index (χ4n) is 2.43. The van der Waals surface area contributed by atoms with Gasteiger partial charge >= 0.3 is 0 Å². The minimum atomic E-state index is 0.596. The van der Waals surface area contributed by atoms with E-state index in [1.807, 2.05) is 0 Å². The third-order valence-corrected chi connectivity index (χ3v) is 6.09. The molecule has 1 aliphatic rings. The van der Waals surface area contributed by atoms with Gasteiger partial charge in [0.15, 0.2) is 15.4 Å². The molecule has 0 nitrogen and oxygen atoms in total. The van der Waals surface area contributed by atoms with Crippen LogP contribution in [0.3, 0.4) is 0 Å². The molecule has 0 saturated carbocycles. The molecule has 2 atom stereocenters. The second kappa shape index (κ2) is 5.07. The highest BCUT2D eigenvalue weighted by molar-refractivity contribution is 8.05. The average Bonchev–Trinajstić information content (AvgIpc) is 2.94. The number of rotatable bonds is 5. The van der Waals surface area contributed by atoms with Crippen molar-refractivity contribution in [1.82, 2.24) is 0 Å². The van der Waals surface area contributed by atoms with Crippen LogP contribution in [-0.4, -0.2) is 10.5 Å². The van der Waals surface area contributed by atoms with Crippen LogP contribution in [0.4, 0.5) is 0 Å². The summed E-state index contributed by atoms with van der Waals surface area (Å²) in [7, 11) is 0.596. The summed E-state index contributed by atoms with van der Waals surface area (Å²) in [4.78, 5) is 1.61. The molecular formula is C14H21S+. The van der Waals surface area contributed by atoms with Gasteiger partial charge < -0.3 is 0 Å².